The Morgan fingerprint density at radius 1 is 1.25 bits per heavy atom. The molecule has 0 aliphatic carbocycles. The van der Waals surface area contributed by atoms with Gasteiger partial charge in [0, 0.05) is 24.2 Å². The van der Waals surface area contributed by atoms with E-state index in [2.05, 4.69) is 10.1 Å². The molecule has 0 atom stereocenters. The molecule has 3 aromatic rings. The molecule has 0 aliphatic heterocycles. The first-order chi connectivity index (χ1) is 9.74. The average molecular weight is 283 g/mol. The molecule has 5 heteroatoms. The fraction of sp³-hybridized carbons (Fsp3) is 0.133. The molecule has 4 nitrogen and oxygen atoms in total. The fourth-order valence-corrected chi connectivity index (χ4v) is 2.85. The van der Waals surface area contributed by atoms with Crippen LogP contribution in [-0.4, -0.2) is 20.5 Å². The van der Waals surface area contributed by atoms with E-state index in [0.717, 1.165) is 22.0 Å². The highest BCUT2D eigenvalue weighted by Crippen LogP contribution is 2.23. The molecule has 0 unspecified atom stereocenters. The van der Waals surface area contributed by atoms with E-state index in [1.807, 2.05) is 48.8 Å². The number of carbonyl (C=O) groups is 1. The Hall–Kier alpha value is -2.27. The van der Waals surface area contributed by atoms with Crippen molar-refractivity contribution in [3.63, 3.8) is 0 Å². The van der Waals surface area contributed by atoms with Crippen LogP contribution in [0.4, 0.5) is 0 Å². The predicted octanol–water partition coefficient (Wildman–Crippen LogP) is 2.97. The van der Waals surface area contributed by atoms with E-state index in [1.165, 1.54) is 11.3 Å². The summed E-state index contributed by atoms with van der Waals surface area (Å²) in [4.78, 5) is 16.6. The highest BCUT2D eigenvalue weighted by molar-refractivity contribution is 7.13. The van der Waals surface area contributed by atoms with Crippen molar-refractivity contribution < 1.29 is 4.79 Å². The lowest BCUT2D eigenvalue weighted by Gasteiger charge is -1.98. The molecule has 0 aliphatic rings. The van der Waals surface area contributed by atoms with Crippen LogP contribution in [0.2, 0.25) is 0 Å². The maximum Gasteiger partial charge on any atom is 0.168 e. The topological polar surface area (TPSA) is 47.8 Å². The number of hydrogen-bond donors (Lipinski definition) is 0. The number of aromatic nitrogens is 3. The van der Waals surface area contributed by atoms with Gasteiger partial charge in [-0.2, -0.15) is 5.10 Å². The van der Waals surface area contributed by atoms with Crippen molar-refractivity contribution in [2.24, 2.45) is 7.05 Å². The number of thiazole rings is 1. The maximum atomic E-state index is 12.1. The van der Waals surface area contributed by atoms with Crippen LogP contribution in [-0.2, 0) is 13.5 Å². The van der Waals surface area contributed by atoms with Gasteiger partial charge in [-0.15, -0.1) is 11.3 Å². The molecule has 100 valence electrons. The van der Waals surface area contributed by atoms with Crippen LogP contribution < -0.4 is 0 Å². The van der Waals surface area contributed by atoms with Crippen molar-refractivity contribution in [2.75, 3.05) is 0 Å². The first-order valence-corrected chi connectivity index (χ1v) is 7.13. The summed E-state index contributed by atoms with van der Waals surface area (Å²) in [5, 5.41) is 6.95. The van der Waals surface area contributed by atoms with E-state index >= 15 is 0 Å². The van der Waals surface area contributed by atoms with Crippen LogP contribution in [0.25, 0.3) is 10.7 Å². The normalized spacial score (nSPS) is 10.7. The maximum absolute atomic E-state index is 12.1. The van der Waals surface area contributed by atoms with Crippen molar-refractivity contribution in [3.05, 3.63) is 59.2 Å². The molecular formula is C15H13N3OS. The van der Waals surface area contributed by atoms with Gasteiger partial charge in [-0.1, -0.05) is 30.3 Å². The monoisotopic (exact) mass is 283 g/mol. The Morgan fingerprint density at radius 2 is 2.05 bits per heavy atom. The summed E-state index contributed by atoms with van der Waals surface area (Å²) < 4.78 is 1.78. The summed E-state index contributed by atoms with van der Waals surface area (Å²) in [5.41, 5.74) is 2.50. The molecule has 2 heterocycles. The number of ketones is 1. The quantitative estimate of drug-likeness (QED) is 0.692. The number of rotatable bonds is 4. The van der Waals surface area contributed by atoms with Gasteiger partial charge in [0.1, 0.15) is 5.01 Å². The van der Waals surface area contributed by atoms with Gasteiger partial charge in [-0.3, -0.25) is 9.48 Å². The molecule has 0 saturated carbocycles. The molecule has 1 aromatic carbocycles. The van der Waals surface area contributed by atoms with Crippen molar-refractivity contribution in [1.29, 1.82) is 0 Å². The Bertz CT molecular complexity index is 730. The van der Waals surface area contributed by atoms with Crippen molar-refractivity contribution >= 4 is 17.1 Å². The molecule has 2 aromatic heterocycles. The lowest BCUT2D eigenvalue weighted by atomic mass is 10.1. The van der Waals surface area contributed by atoms with Gasteiger partial charge in [0.15, 0.2) is 5.78 Å². The zero-order valence-corrected chi connectivity index (χ0v) is 11.8. The minimum Gasteiger partial charge on any atom is -0.294 e. The van der Waals surface area contributed by atoms with E-state index < -0.39 is 0 Å². The van der Waals surface area contributed by atoms with Gasteiger partial charge in [-0.05, 0) is 6.07 Å². The van der Waals surface area contributed by atoms with Crippen molar-refractivity contribution in [3.8, 4) is 10.7 Å². The van der Waals surface area contributed by atoms with Crippen LogP contribution >= 0.6 is 11.3 Å². The number of hydrogen-bond acceptors (Lipinski definition) is 4. The Morgan fingerprint density at radius 3 is 2.75 bits per heavy atom. The highest BCUT2D eigenvalue weighted by Gasteiger charge is 2.12. The van der Waals surface area contributed by atoms with E-state index in [-0.39, 0.29) is 5.78 Å². The molecule has 0 bridgehead atoms. The van der Waals surface area contributed by atoms with E-state index in [4.69, 9.17) is 0 Å². The van der Waals surface area contributed by atoms with Crippen LogP contribution in [0.1, 0.15) is 16.1 Å². The molecule has 0 fully saturated rings. The third-order valence-corrected chi connectivity index (χ3v) is 3.94. The Kier molecular flexibility index (Phi) is 3.43. The van der Waals surface area contributed by atoms with Gasteiger partial charge in [-0.25, -0.2) is 4.98 Å². The molecule has 0 radical (unpaired) electrons. The number of aryl methyl sites for hydroxylation is 1. The predicted molar refractivity (Wildman–Crippen MR) is 78.8 cm³/mol. The second-order valence-corrected chi connectivity index (χ2v) is 5.31. The second-order valence-electron chi connectivity index (χ2n) is 4.45. The first kappa shape index (κ1) is 12.7. The Labute approximate surface area is 120 Å². The molecule has 0 amide bonds. The number of benzene rings is 1. The fourth-order valence-electron chi connectivity index (χ4n) is 1.98. The van der Waals surface area contributed by atoms with E-state index in [1.54, 1.807) is 10.9 Å². The number of Topliss-reactive ketones (excluding diaryl/α,β-unsaturated/α-hetero) is 1. The van der Waals surface area contributed by atoms with Crippen molar-refractivity contribution in [1.82, 2.24) is 14.8 Å². The SMILES string of the molecule is Cn1nccc1-c1nc(CC(=O)c2ccccc2)cs1. The highest BCUT2D eigenvalue weighted by atomic mass is 32.1. The minimum atomic E-state index is 0.0902. The van der Waals surface area contributed by atoms with Crippen molar-refractivity contribution in [2.45, 2.75) is 6.42 Å². The molecule has 0 spiro atoms. The lowest BCUT2D eigenvalue weighted by Crippen LogP contribution is -2.03. The second kappa shape index (κ2) is 5.38. The Balaban J connectivity index is 1.78. The van der Waals surface area contributed by atoms with Gasteiger partial charge in [0.2, 0.25) is 0 Å². The minimum absolute atomic E-state index is 0.0902. The van der Waals surface area contributed by atoms with Gasteiger partial charge in [0.05, 0.1) is 17.8 Å². The smallest absolute Gasteiger partial charge is 0.168 e. The molecule has 20 heavy (non-hydrogen) atoms. The summed E-state index contributed by atoms with van der Waals surface area (Å²) >= 11 is 1.53. The van der Waals surface area contributed by atoms with Crippen LogP contribution in [0.5, 0.6) is 0 Å². The third-order valence-electron chi connectivity index (χ3n) is 3.03. The zero-order valence-electron chi connectivity index (χ0n) is 11.0. The summed E-state index contributed by atoms with van der Waals surface area (Å²) in [6, 6.07) is 11.2. The molecule has 0 saturated heterocycles. The third kappa shape index (κ3) is 2.53. The first-order valence-electron chi connectivity index (χ1n) is 6.25. The summed E-state index contributed by atoms with van der Waals surface area (Å²) in [7, 11) is 1.88. The molecule has 3 rings (SSSR count). The van der Waals surface area contributed by atoms with E-state index in [9.17, 15) is 4.79 Å². The summed E-state index contributed by atoms with van der Waals surface area (Å²) in [6.07, 6.45) is 2.07. The lowest BCUT2D eigenvalue weighted by molar-refractivity contribution is 0.0992. The largest absolute Gasteiger partial charge is 0.294 e. The number of carbonyl (C=O) groups excluding carboxylic acids is 1. The van der Waals surface area contributed by atoms with Crippen LogP contribution in [0, 0.1) is 0 Å². The standard InChI is InChI=1S/C15H13N3OS/c1-18-13(7-8-16-18)15-17-12(10-20-15)9-14(19)11-5-3-2-4-6-11/h2-8,10H,9H2,1H3. The summed E-state index contributed by atoms with van der Waals surface area (Å²) in [6.45, 7) is 0. The van der Waals surface area contributed by atoms with E-state index in [0.29, 0.717) is 6.42 Å². The van der Waals surface area contributed by atoms with Crippen LogP contribution in [0.3, 0.4) is 0 Å². The van der Waals surface area contributed by atoms with Gasteiger partial charge >= 0.3 is 0 Å². The average Bonchev–Trinajstić information content (AvgIpc) is 3.08. The molecule has 0 N–H and O–H groups in total. The molecular weight excluding hydrogens is 270 g/mol. The summed E-state index contributed by atoms with van der Waals surface area (Å²) in [5.74, 6) is 0.0902. The number of nitrogens with zero attached hydrogens (tertiary/aromatic N) is 3. The van der Waals surface area contributed by atoms with Crippen LogP contribution in [0.15, 0.2) is 48.0 Å². The van der Waals surface area contributed by atoms with Gasteiger partial charge in [0.25, 0.3) is 0 Å². The van der Waals surface area contributed by atoms with Gasteiger partial charge < -0.3 is 0 Å². The zero-order chi connectivity index (χ0) is 13.9.